The fourth-order valence-corrected chi connectivity index (χ4v) is 2.97. The number of hydrogen-bond donors (Lipinski definition) is 0. The SMILES string of the molecule is C/C=C/c1ccc(-c2cc3ccccc3oc2=O)s1. The van der Waals surface area contributed by atoms with Gasteiger partial charge >= 0.3 is 5.63 Å². The summed E-state index contributed by atoms with van der Waals surface area (Å²) in [7, 11) is 0. The molecule has 2 aromatic heterocycles. The summed E-state index contributed by atoms with van der Waals surface area (Å²) in [6.45, 7) is 1.98. The van der Waals surface area contributed by atoms with Gasteiger partial charge in [-0.1, -0.05) is 24.3 Å². The molecule has 94 valence electrons. The van der Waals surface area contributed by atoms with Crippen LogP contribution in [0.4, 0.5) is 0 Å². The van der Waals surface area contributed by atoms with Crippen LogP contribution < -0.4 is 5.63 Å². The predicted molar refractivity (Wildman–Crippen MR) is 80.5 cm³/mol. The van der Waals surface area contributed by atoms with Crippen molar-refractivity contribution < 1.29 is 4.42 Å². The molecule has 0 aliphatic carbocycles. The molecule has 3 heteroatoms. The van der Waals surface area contributed by atoms with E-state index in [9.17, 15) is 4.79 Å². The van der Waals surface area contributed by atoms with Gasteiger partial charge in [0.05, 0.1) is 5.56 Å². The third-order valence-electron chi connectivity index (χ3n) is 2.86. The molecule has 2 nitrogen and oxygen atoms in total. The van der Waals surface area contributed by atoms with Gasteiger partial charge in [0.15, 0.2) is 0 Å². The molecule has 0 aliphatic rings. The summed E-state index contributed by atoms with van der Waals surface area (Å²) in [5.74, 6) is 0. The van der Waals surface area contributed by atoms with Crippen LogP contribution in [0.3, 0.4) is 0 Å². The highest BCUT2D eigenvalue weighted by Gasteiger charge is 2.09. The maximum Gasteiger partial charge on any atom is 0.345 e. The highest BCUT2D eigenvalue weighted by atomic mass is 32.1. The second-order valence-electron chi connectivity index (χ2n) is 4.19. The maximum atomic E-state index is 12.0. The summed E-state index contributed by atoms with van der Waals surface area (Å²) in [5.41, 5.74) is 0.966. The molecule has 0 N–H and O–H groups in total. The van der Waals surface area contributed by atoms with Gasteiger partial charge in [0, 0.05) is 15.1 Å². The molecule has 0 spiro atoms. The Bertz CT molecular complexity index is 809. The molecule has 0 bridgehead atoms. The average molecular weight is 268 g/mol. The maximum absolute atomic E-state index is 12.0. The molecule has 0 saturated heterocycles. The highest BCUT2D eigenvalue weighted by Crippen LogP contribution is 2.28. The molecular weight excluding hydrogens is 256 g/mol. The minimum atomic E-state index is -0.285. The lowest BCUT2D eigenvalue weighted by Gasteiger charge is -1.99. The Morgan fingerprint density at radius 2 is 2.00 bits per heavy atom. The fourth-order valence-electron chi connectivity index (χ4n) is 1.99. The number of fused-ring (bicyclic) bond motifs is 1. The van der Waals surface area contributed by atoms with Crippen LogP contribution in [0.15, 0.2) is 57.8 Å². The van der Waals surface area contributed by atoms with Crippen LogP contribution in [0.5, 0.6) is 0 Å². The van der Waals surface area contributed by atoms with Crippen molar-refractivity contribution in [1.29, 1.82) is 0 Å². The molecule has 0 fully saturated rings. The van der Waals surface area contributed by atoms with E-state index >= 15 is 0 Å². The van der Waals surface area contributed by atoms with E-state index in [2.05, 4.69) is 0 Å². The van der Waals surface area contributed by atoms with Crippen molar-refractivity contribution in [1.82, 2.24) is 0 Å². The van der Waals surface area contributed by atoms with E-state index in [-0.39, 0.29) is 5.63 Å². The van der Waals surface area contributed by atoms with E-state index in [1.54, 1.807) is 17.4 Å². The first-order chi connectivity index (χ1) is 9.28. The van der Waals surface area contributed by atoms with Crippen LogP contribution in [-0.2, 0) is 0 Å². The van der Waals surface area contributed by atoms with E-state index in [0.29, 0.717) is 11.1 Å². The van der Waals surface area contributed by atoms with Crippen molar-refractivity contribution in [3.8, 4) is 10.4 Å². The van der Waals surface area contributed by atoms with Crippen molar-refractivity contribution in [2.24, 2.45) is 0 Å². The number of thiophene rings is 1. The lowest BCUT2D eigenvalue weighted by atomic mass is 10.1. The number of para-hydroxylation sites is 1. The van der Waals surface area contributed by atoms with Crippen molar-refractivity contribution >= 4 is 28.4 Å². The van der Waals surface area contributed by atoms with Crippen molar-refractivity contribution in [3.63, 3.8) is 0 Å². The van der Waals surface area contributed by atoms with Gasteiger partial charge in [-0.15, -0.1) is 11.3 Å². The number of hydrogen-bond acceptors (Lipinski definition) is 3. The topological polar surface area (TPSA) is 30.2 Å². The monoisotopic (exact) mass is 268 g/mol. The van der Waals surface area contributed by atoms with Crippen molar-refractivity contribution in [3.05, 3.63) is 63.8 Å². The minimum absolute atomic E-state index is 0.285. The van der Waals surface area contributed by atoms with E-state index in [0.717, 1.165) is 15.1 Å². The summed E-state index contributed by atoms with van der Waals surface area (Å²) >= 11 is 1.59. The normalized spacial score (nSPS) is 11.4. The molecule has 0 saturated carbocycles. The Labute approximate surface area is 114 Å². The lowest BCUT2D eigenvalue weighted by Crippen LogP contribution is -2.01. The molecule has 0 atom stereocenters. The van der Waals surface area contributed by atoms with Gasteiger partial charge in [0.2, 0.25) is 0 Å². The number of rotatable bonds is 2. The van der Waals surface area contributed by atoms with Crippen LogP contribution in [0.1, 0.15) is 11.8 Å². The Morgan fingerprint density at radius 1 is 1.16 bits per heavy atom. The molecule has 0 amide bonds. The van der Waals surface area contributed by atoms with E-state index in [1.165, 1.54) is 0 Å². The standard InChI is InChI=1S/C16H12O2S/c1-2-5-12-8-9-15(19-12)13-10-11-6-3-4-7-14(11)18-16(13)17/h2-10H,1H3/b5-2+. The van der Waals surface area contributed by atoms with Crippen molar-refractivity contribution in [2.75, 3.05) is 0 Å². The van der Waals surface area contributed by atoms with Gasteiger partial charge in [-0.25, -0.2) is 4.79 Å². The first-order valence-electron chi connectivity index (χ1n) is 6.04. The second-order valence-corrected chi connectivity index (χ2v) is 5.30. The van der Waals surface area contributed by atoms with Crippen molar-refractivity contribution in [2.45, 2.75) is 6.92 Å². The van der Waals surface area contributed by atoms with E-state index in [4.69, 9.17) is 4.42 Å². The average Bonchev–Trinajstić information content (AvgIpc) is 2.87. The molecule has 3 rings (SSSR count). The molecule has 0 unspecified atom stereocenters. The molecule has 1 aromatic carbocycles. The largest absolute Gasteiger partial charge is 0.422 e. The quantitative estimate of drug-likeness (QED) is 0.638. The van der Waals surface area contributed by atoms with Gasteiger partial charge in [0.1, 0.15) is 5.58 Å². The van der Waals surface area contributed by atoms with Crippen LogP contribution in [0.2, 0.25) is 0 Å². The van der Waals surface area contributed by atoms with Gasteiger partial charge in [-0.2, -0.15) is 0 Å². The predicted octanol–water partition coefficient (Wildman–Crippen LogP) is 4.55. The first-order valence-corrected chi connectivity index (χ1v) is 6.85. The van der Waals surface area contributed by atoms with E-state index in [1.807, 2.05) is 55.5 Å². The molecule has 0 radical (unpaired) electrons. The highest BCUT2D eigenvalue weighted by molar-refractivity contribution is 7.16. The molecule has 3 aromatic rings. The summed E-state index contributed by atoms with van der Waals surface area (Å²) in [6.07, 6.45) is 4.01. The van der Waals surface area contributed by atoms with Crippen LogP contribution in [-0.4, -0.2) is 0 Å². The third-order valence-corrected chi connectivity index (χ3v) is 3.95. The summed E-state index contributed by atoms with van der Waals surface area (Å²) < 4.78 is 5.35. The Hall–Kier alpha value is -2.13. The van der Waals surface area contributed by atoms with Gasteiger partial charge in [0.25, 0.3) is 0 Å². The zero-order valence-corrected chi connectivity index (χ0v) is 11.2. The van der Waals surface area contributed by atoms with Crippen LogP contribution in [0, 0.1) is 0 Å². The number of allylic oxidation sites excluding steroid dienone is 1. The molecule has 0 aliphatic heterocycles. The van der Waals surface area contributed by atoms with Gasteiger partial charge in [-0.05, 0) is 37.3 Å². The summed E-state index contributed by atoms with van der Waals surface area (Å²) in [4.78, 5) is 14.1. The summed E-state index contributed by atoms with van der Waals surface area (Å²) in [6, 6.07) is 13.4. The fraction of sp³-hybridized carbons (Fsp3) is 0.0625. The Morgan fingerprint density at radius 3 is 2.84 bits per heavy atom. The Balaban J connectivity index is 2.18. The summed E-state index contributed by atoms with van der Waals surface area (Å²) in [5, 5.41) is 0.943. The zero-order chi connectivity index (χ0) is 13.2. The first kappa shape index (κ1) is 11.9. The minimum Gasteiger partial charge on any atom is -0.422 e. The van der Waals surface area contributed by atoms with Gasteiger partial charge < -0.3 is 4.42 Å². The molecule has 2 heterocycles. The molecular formula is C16H12O2S. The van der Waals surface area contributed by atoms with Crippen LogP contribution >= 0.6 is 11.3 Å². The van der Waals surface area contributed by atoms with Crippen LogP contribution in [0.25, 0.3) is 27.5 Å². The Kier molecular flexibility index (Phi) is 3.05. The van der Waals surface area contributed by atoms with Gasteiger partial charge in [-0.3, -0.25) is 0 Å². The lowest BCUT2D eigenvalue weighted by molar-refractivity contribution is 0.564. The number of benzene rings is 1. The second kappa shape index (κ2) is 4.86. The molecule has 19 heavy (non-hydrogen) atoms. The zero-order valence-electron chi connectivity index (χ0n) is 10.4. The third kappa shape index (κ3) is 2.25. The smallest absolute Gasteiger partial charge is 0.345 e. The van der Waals surface area contributed by atoms with E-state index < -0.39 is 0 Å².